The largest absolute Gasteiger partial charge is 0.356 e. The van der Waals surface area contributed by atoms with Gasteiger partial charge in [0.25, 0.3) is 5.91 Å². The van der Waals surface area contributed by atoms with Crippen LogP contribution in [0.4, 0.5) is 5.82 Å². The van der Waals surface area contributed by atoms with Crippen molar-refractivity contribution in [2.24, 2.45) is 5.10 Å². The summed E-state index contributed by atoms with van der Waals surface area (Å²) in [6.07, 6.45) is 4.01. The van der Waals surface area contributed by atoms with Gasteiger partial charge in [-0.2, -0.15) is 10.2 Å². The molecule has 5 aromatic rings. The van der Waals surface area contributed by atoms with Crippen LogP contribution in [0.15, 0.2) is 96.1 Å². The molecule has 7 heteroatoms. The number of fused-ring (bicyclic) bond motifs is 1. The van der Waals surface area contributed by atoms with Crippen LogP contribution in [0.5, 0.6) is 0 Å². The Hall–Kier alpha value is -4.78. The highest BCUT2D eigenvalue weighted by Gasteiger charge is 2.23. The lowest BCUT2D eigenvalue weighted by molar-refractivity contribution is 0.0956. The molecular weight excluding hydrogens is 472 g/mol. The van der Waals surface area contributed by atoms with Gasteiger partial charge in [0.1, 0.15) is 5.82 Å². The second-order valence-electron chi connectivity index (χ2n) is 9.40. The Bertz CT molecular complexity index is 1620. The molecule has 1 aliphatic heterocycles. The first-order chi connectivity index (χ1) is 18.7. The average Bonchev–Trinajstić information content (AvgIpc) is 3.61. The number of nitrogens with zero attached hydrogens (tertiary/aromatic N) is 5. The maximum absolute atomic E-state index is 13.4. The molecule has 1 N–H and O–H groups in total. The van der Waals surface area contributed by atoms with Crippen molar-refractivity contribution in [1.29, 1.82) is 0 Å². The van der Waals surface area contributed by atoms with Crippen LogP contribution < -0.4 is 10.3 Å². The number of hydrogen-bond acceptors (Lipinski definition) is 5. The molecular formula is C31H28N6O. The number of pyridine rings is 1. The number of hydrogen-bond donors (Lipinski definition) is 1. The highest BCUT2D eigenvalue weighted by molar-refractivity contribution is 6.07. The fraction of sp³-hybridized carbons (Fsp3) is 0.161. The summed E-state index contributed by atoms with van der Waals surface area (Å²) in [7, 11) is 0. The first kappa shape index (κ1) is 23.6. The van der Waals surface area contributed by atoms with Gasteiger partial charge in [-0.25, -0.2) is 15.1 Å². The zero-order valence-electron chi connectivity index (χ0n) is 21.2. The van der Waals surface area contributed by atoms with Crippen LogP contribution in [0.3, 0.4) is 0 Å². The van der Waals surface area contributed by atoms with Crippen molar-refractivity contribution in [3.05, 3.63) is 108 Å². The molecule has 0 aliphatic carbocycles. The van der Waals surface area contributed by atoms with Crippen LogP contribution in [0.25, 0.3) is 27.8 Å². The maximum Gasteiger partial charge on any atom is 0.272 e. The Morgan fingerprint density at radius 3 is 2.37 bits per heavy atom. The second-order valence-corrected chi connectivity index (χ2v) is 9.40. The Morgan fingerprint density at radius 2 is 1.61 bits per heavy atom. The average molecular weight is 501 g/mol. The number of benzene rings is 3. The zero-order valence-corrected chi connectivity index (χ0v) is 21.2. The summed E-state index contributed by atoms with van der Waals surface area (Å²) >= 11 is 0. The zero-order chi connectivity index (χ0) is 25.9. The van der Waals surface area contributed by atoms with Crippen molar-refractivity contribution >= 4 is 28.8 Å². The molecule has 38 heavy (non-hydrogen) atoms. The van der Waals surface area contributed by atoms with E-state index in [2.05, 4.69) is 15.4 Å². The van der Waals surface area contributed by atoms with Gasteiger partial charge < -0.3 is 4.90 Å². The fourth-order valence-corrected chi connectivity index (χ4v) is 5.00. The van der Waals surface area contributed by atoms with E-state index >= 15 is 0 Å². The van der Waals surface area contributed by atoms with Gasteiger partial charge in [0.2, 0.25) is 0 Å². The topological polar surface area (TPSA) is 75.4 Å². The van der Waals surface area contributed by atoms with Crippen LogP contribution in [0, 0.1) is 6.92 Å². The molecule has 7 nitrogen and oxygen atoms in total. The number of nitrogens with one attached hydrogen (secondary N) is 1. The summed E-state index contributed by atoms with van der Waals surface area (Å²) in [4.78, 5) is 20.5. The third-order valence-electron chi connectivity index (χ3n) is 6.88. The van der Waals surface area contributed by atoms with Crippen molar-refractivity contribution in [2.75, 3.05) is 18.0 Å². The van der Waals surface area contributed by atoms with Crippen LogP contribution in [-0.4, -0.2) is 40.0 Å². The number of carbonyl (C=O) groups is 1. The Balaban J connectivity index is 1.34. The molecule has 1 saturated heterocycles. The highest BCUT2D eigenvalue weighted by atomic mass is 16.2. The minimum absolute atomic E-state index is 0.284. The van der Waals surface area contributed by atoms with E-state index < -0.39 is 0 Å². The van der Waals surface area contributed by atoms with E-state index in [4.69, 9.17) is 10.1 Å². The van der Waals surface area contributed by atoms with Crippen molar-refractivity contribution < 1.29 is 4.79 Å². The van der Waals surface area contributed by atoms with E-state index in [1.807, 2.05) is 103 Å². The number of carbonyl (C=O) groups excluding carboxylic acids is 1. The van der Waals surface area contributed by atoms with Gasteiger partial charge in [-0.1, -0.05) is 66.7 Å². The highest BCUT2D eigenvalue weighted by Crippen LogP contribution is 2.29. The summed E-state index contributed by atoms with van der Waals surface area (Å²) in [5.41, 5.74) is 8.51. The van der Waals surface area contributed by atoms with Gasteiger partial charge in [-0.05, 0) is 44.0 Å². The minimum Gasteiger partial charge on any atom is -0.356 e. The molecule has 0 unspecified atom stereocenters. The number of anilines is 1. The molecule has 0 radical (unpaired) electrons. The van der Waals surface area contributed by atoms with Crippen molar-refractivity contribution in [1.82, 2.24) is 20.2 Å². The van der Waals surface area contributed by atoms with Crippen LogP contribution in [-0.2, 0) is 0 Å². The molecule has 0 saturated carbocycles. The Labute approximate surface area is 221 Å². The number of amides is 1. The number of aryl methyl sites for hydroxylation is 1. The van der Waals surface area contributed by atoms with E-state index in [9.17, 15) is 4.79 Å². The molecule has 0 spiro atoms. The van der Waals surface area contributed by atoms with E-state index in [0.29, 0.717) is 5.56 Å². The van der Waals surface area contributed by atoms with Crippen molar-refractivity contribution in [3.63, 3.8) is 0 Å². The van der Waals surface area contributed by atoms with Crippen LogP contribution in [0.1, 0.15) is 34.5 Å². The first-order valence-corrected chi connectivity index (χ1v) is 12.9. The fourth-order valence-electron chi connectivity index (χ4n) is 5.00. The summed E-state index contributed by atoms with van der Waals surface area (Å²) in [5, 5.41) is 10.0. The van der Waals surface area contributed by atoms with Gasteiger partial charge in [0.15, 0.2) is 0 Å². The van der Waals surface area contributed by atoms with Gasteiger partial charge in [0, 0.05) is 24.0 Å². The summed E-state index contributed by atoms with van der Waals surface area (Å²) < 4.78 is 1.98. The SMILES string of the molecule is Cc1nn(-c2ccccc2)c(N2CCCC2)c1C=NNC(=O)c1cc(-c2ccccc2)nc2ccccc12. The maximum atomic E-state index is 13.4. The molecule has 1 fully saturated rings. The smallest absolute Gasteiger partial charge is 0.272 e. The van der Waals surface area contributed by atoms with Crippen molar-refractivity contribution in [2.45, 2.75) is 19.8 Å². The normalized spacial score (nSPS) is 13.4. The van der Waals surface area contributed by atoms with E-state index in [0.717, 1.165) is 70.9 Å². The first-order valence-electron chi connectivity index (χ1n) is 12.9. The molecule has 6 rings (SSSR count). The summed E-state index contributed by atoms with van der Waals surface area (Å²) in [6, 6.07) is 29.5. The summed E-state index contributed by atoms with van der Waals surface area (Å²) in [6.45, 7) is 3.91. The van der Waals surface area contributed by atoms with E-state index in [1.54, 1.807) is 6.21 Å². The number of rotatable bonds is 6. The molecule has 3 heterocycles. The number of hydrazone groups is 1. The molecule has 3 aromatic carbocycles. The minimum atomic E-state index is -0.284. The van der Waals surface area contributed by atoms with Gasteiger partial charge in [-0.3, -0.25) is 4.79 Å². The lowest BCUT2D eigenvalue weighted by atomic mass is 10.0. The number of para-hydroxylation sites is 2. The molecule has 0 bridgehead atoms. The predicted octanol–water partition coefficient (Wildman–Crippen LogP) is 5.76. The molecule has 0 atom stereocenters. The van der Waals surface area contributed by atoms with Crippen LogP contribution >= 0.6 is 0 Å². The van der Waals surface area contributed by atoms with Crippen molar-refractivity contribution in [3.8, 4) is 16.9 Å². The predicted molar refractivity (Wildman–Crippen MR) is 152 cm³/mol. The Morgan fingerprint density at radius 1 is 0.921 bits per heavy atom. The lowest BCUT2D eigenvalue weighted by Crippen LogP contribution is -2.23. The third kappa shape index (κ3) is 4.54. The monoisotopic (exact) mass is 500 g/mol. The Kier molecular flexibility index (Phi) is 6.40. The molecule has 1 aliphatic rings. The third-order valence-corrected chi connectivity index (χ3v) is 6.88. The molecule has 188 valence electrons. The van der Waals surface area contributed by atoms with E-state index in [-0.39, 0.29) is 5.91 Å². The second kappa shape index (κ2) is 10.3. The van der Waals surface area contributed by atoms with Gasteiger partial charge >= 0.3 is 0 Å². The quantitative estimate of drug-likeness (QED) is 0.238. The molecule has 1 amide bonds. The van der Waals surface area contributed by atoms with Gasteiger partial charge in [-0.15, -0.1) is 0 Å². The molecule has 2 aromatic heterocycles. The van der Waals surface area contributed by atoms with Gasteiger partial charge in [0.05, 0.1) is 39.9 Å². The standard InChI is InChI=1S/C31H28N6O/c1-22-27(31(36-18-10-11-19-36)37(35-22)24-14-6-3-7-15-24)21-32-34-30(38)26-20-29(23-12-4-2-5-13-23)33-28-17-9-8-16-25(26)28/h2-9,12-17,20-21H,10-11,18-19H2,1H3,(H,34,38). The summed E-state index contributed by atoms with van der Waals surface area (Å²) in [5.74, 6) is 0.720. The van der Waals surface area contributed by atoms with Crippen LogP contribution in [0.2, 0.25) is 0 Å². The number of aromatic nitrogens is 3. The lowest BCUT2D eigenvalue weighted by Gasteiger charge is -2.20. The van der Waals surface area contributed by atoms with E-state index in [1.165, 1.54) is 0 Å².